The standard InChI is InChI=1S/C23H24N6O4/c1-14(16-10-11-17(30)18(12-16)33-4)25-26-22-24-20-19(27(22)2)21(31)29(23(32)28(20)3)13-15-8-6-5-7-9-15/h5-12,30H,13H2,1-4H3,(H,24,26). The second-order valence-electron chi connectivity index (χ2n) is 7.58. The number of nitrogens with zero attached hydrogens (tertiary/aromatic N) is 5. The number of anilines is 1. The van der Waals surface area contributed by atoms with Crippen molar-refractivity contribution in [1.82, 2.24) is 18.7 Å². The molecule has 0 saturated heterocycles. The normalized spacial score (nSPS) is 11.7. The highest BCUT2D eigenvalue weighted by molar-refractivity contribution is 5.99. The molecule has 170 valence electrons. The highest BCUT2D eigenvalue weighted by Gasteiger charge is 2.18. The fourth-order valence-electron chi connectivity index (χ4n) is 3.55. The van der Waals surface area contributed by atoms with E-state index in [2.05, 4.69) is 15.5 Å². The topological polar surface area (TPSA) is 116 Å². The van der Waals surface area contributed by atoms with Gasteiger partial charge in [0.2, 0.25) is 5.95 Å². The molecule has 33 heavy (non-hydrogen) atoms. The molecular formula is C23H24N6O4. The van der Waals surface area contributed by atoms with Gasteiger partial charge in [-0.05, 0) is 30.7 Å². The number of rotatable bonds is 6. The van der Waals surface area contributed by atoms with Gasteiger partial charge in [-0.25, -0.2) is 10.2 Å². The van der Waals surface area contributed by atoms with Crippen LogP contribution in [-0.2, 0) is 20.6 Å². The third kappa shape index (κ3) is 3.98. The Labute approximate surface area is 189 Å². The second kappa shape index (κ2) is 8.65. The number of hydrogen-bond donors (Lipinski definition) is 2. The summed E-state index contributed by atoms with van der Waals surface area (Å²) in [4.78, 5) is 30.5. The van der Waals surface area contributed by atoms with Gasteiger partial charge >= 0.3 is 5.69 Å². The van der Waals surface area contributed by atoms with Crippen LogP contribution in [0.2, 0.25) is 0 Å². The first-order valence-corrected chi connectivity index (χ1v) is 10.2. The van der Waals surface area contributed by atoms with Crippen LogP contribution in [-0.4, -0.2) is 36.6 Å². The van der Waals surface area contributed by atoms with Gasteiger partial charge in [0.1, 0.15) is 0 Å². The van der Waals surface area contributed by atoms with Crippen molar-refractivity contribution in [2.75, 3.05) is 12.5 Å². The third-order valence-electron chi connectivity index (χ3n) is 5.46. The van der Waals surface area contributed by atoms with Gasteiger partial charge in [-0.15, -0.1) is 0 Å². The van der Waals surface area contributed by atoms with Crippen molar-refractivity contribution in [2.45, 2.75) is 13.5 Å². The summed E-state index contributed by atoms with van der Waals surface area (Å²) in [5, 5.41) is 14.1. The number of nitrogens with one attached hydrogen (secondary N) is 1. The minimum absolute atomic E-state index is 0.0325. The maximum atomic E-state index is 13.2. The summed E-state index contributed by atoms with van der Waals surface area (Å²) >= 11 is 0. The number of aromatic hydroxyl groups is 1. The van der Waals surface area contributed by atoms with Gasteiger partial charge in [-0.3, -0.25) is 13.9 Å². The molecule has 0 bridgehead atoms. The van der Waals surface area contributed by atoms with E-state index in [0.717, 1.165) is 11.1 Å². The number of fused-ring (bicyclic) bond motifs is 1. The molecule has 0 amide bonds. The van der Waals surface area contributed by atoms with Crippen molar-refractivity contribution in [2.24, 2.45) is 19.2 Å². The Morgan fingerprint density at radius 1 is 1.12 bits per heavy atom. The second-order valence-corrected chi connectivity index (χ2v) is 7.58. The molecule has 0 spiro atoms. The monoisotopic (exact) mass is 448 g/mol. The van der Waals surface area contributed by atoms with Crippen molar-refractivity contribution < 1.29 is 9.84 Å². The number of aromatic nitrogens is 4. The largest absolute Gasteiger partial charge is 0.504 e. The molecule has 10 heteroatoms. The molecule has 0 saturated carbocycles. The van der Waals surface area contributed by atoms with Gasteiger partial charge in [0.25, 0.3) is 5.56 Å². The zero-order valence-corrected chi connectivity index (χ0v) is 18.7. The van der Waals surface area contributed by atoms with E-state index in [0.29, 0.717) is 17.4 Å². The van der Waals surface area contributed by atoms with E-state index in [1.165, 1.54) is 22.3 Å². The lowest BCUT2D eigenvalue weighted by Crippen LogP contribution is -2.39. The number of imidazole rings is 1. The van der Waals surface area contributed by atoms with Crippen molar-refractivity contribution in [3.63, 3.8) is 0 Å². The highest BCUT2D eigenvalue weighted by Crippen LogP contribution is 2.26. The molecule has 0 aliphatic heterocycles. The van der Waals surface area contributed by atoms with E-state index in [1.807, 2.05) is 30.3 Å². The zero-order chi connectivity index (χ0) is 23.7. The molecule has 4 rings (SSSR count). The van der Waals surface area contributed by atoms with Gasteiger partial charge < -0.3 is 14.4 Å². The summed E-state index contributed by atoms with van der Waals surface area (Å²) in [7, 11) is 4.74. The number of phenols is 1. The quantitative estimate of drug-likeness (QED) is 0.345. The van der Waals surface area contributed by atoms with Crippen LogP contribution in [0.15, 0.2) is 63.2 Å². The molecule has 0 radical (unpaired) electrons. The zero-order valence-electron chi connectivity index (χ0n) is 18.7. The van der Waals surface area contributed by atoms with Crippen molar-refractivity contribution >= 4 is 22.8 Å². The van der Waals surface area contributed by atoms with Gasteiger partial charge in [-0.1, -0.05) is 30.3 Å². The molecule has 4 aromatic rings. The Morgan fingerprint density at radius 3 is 2.55 bits per heavy atom. The van der Waals surface area contributed by atoms with Crippen LogP contribution in [0.4, 0.5) is 5.95 Å². The maximum absolute atomic E-state index is 13.2. The van der Waals surface area contributed by atoms with Crippen LogP contribution >= 0.6 is 0 Å². The van der Waals surface area contributed by atoms with E-state index in [1.54, 1.807) is 37.7 Å². The van der Waals surface area contributed by atoms with E-state index in [9.17, 15) is 14.7 Å². The molecule has 2 N–H and O–H groups in total. The average Bonchev–Trinajstić information content (AvgIpc) is 3.16. The number of benzene rings is 2. The first kappa shape index (κ1) is 21.9. The summed E-state index contributed by atoms with van der Waals surface area (Å²) in [6, 6.07) is 14.2. The van der Waals surface area contributed by atoms with Crippen molar-refractivity contribution in [3.8, 4) is 11.5 Å². The predicted octanol–water partition coefficient (Wildman–Crippen LogP) is 2.03. The maximum Gasteiger partial charge on any atom is 0.332 e. The fourth-order valence-corrected chi connectivity index (χ4v) is 3.55. The molecule has 10 nitrogen and oxygen atoms in total. The lowest BCUT2D eigenvalue weighted by Gasteiger charge is -2.08. The van der Waals surface area contributed by atoms with E-state index >= 15 is 0 Å². The minimum Gasteiger partial charge on any atom is -0.504 e. The highest BCUT2D eigenvalue weighted by atomic mass is 16.5. The Hall–Kier alpha value is -4.34. The molecule has 0 aliphatic carbocycles. The average molecular weight is 448 g/mol. The molecule has 0 fully saturated rings. The molecule has 0 atom stereocenters. The van der Waals surface area contributed by atoms with E-state index in [4.69, 9.17) is 4.74 Å². The molecule has 2 heterocycles. The number of phenolic OH excluding ortho intramolecular Hbond substituents is 1. The first-order valence-electron chi connectivity index (χ1n) is 10.2. The summed E-state index contributed by atoms with van der Waals surface area (Å²) in [5.41, 5.74) is 4.73. The SMILES string of the molecule is COc1cc(C(C)=NNc2nc3c(c(=O)n(Cc4ccccc4)c(=O)n3C)n2C)ccc1O. The van der Waals surface area contributed by atoms with Crippen LogP contribution in [0, 0.1) is 0 Å². The van der Waals surface area contributed by atoms with E-state index < -0.39 is 11.2 Å². The predicted molar refractivity (Wildman–Crippen MR) is 126 cm³/mol. The summed E-state index contributed by atoms with van der Waals surface area (Å²) < 4.78 is 9.26. The van der Waals surface area contributed by atoms with Crippen LogP contribution in [0.1, 0.15) is 18.1 Å². The summed E-state index contributed by atoms with van der Waals surface area (Å²) in [6.07, 6.45) is 0. The lowest BCUT2D eigenvalue weighted by molar-refractivity contribution is 0.373. The van der Waals surface area contributed by atoms with Gasteiger partial charge in [0.05, 0.1) is 19.4 Å². The molecule has 2 aromatic carbocycles. The fraction of sp³-hybridized carbons (Fsp3) is 0.217. The first-order chi connectivity index (χ1) is 15.8. The Bertz CT molecular complexity index is 1480. The molecular weight excluding hydrogens is 424 g/mol. The lowest BCUT2D eigenvalue weighted by atomic mass is 10.1. The summed E-state index contributed by atoms with van der Waals surface area (Å²) in [6.45, 7) is 1.94. The third-order valence-corrected chi connectivity index (χ3v) is 5.46. The van der Waals surface area contributed by atoms with Gasteiger partial charge in [0, 0.05) is 19.7 Å². The summed E-state index contributed by atoms with van der Waals surface area (Å²) in [5.74, 6) is 0.670. The van der Waals surface area contributed by atoms with Crippen LogP contribution in [0.25, 0.3) is 11.2 Å². The Balaban J connectivity index is 1.73. The van der Waals surface area contributed by atoms with Crippen molar-refractivity contribution in [1.29, 1.82) is 0 Å². The molecule has 0 unspecified atom stereocenters. The van der Waals surface area contributed by atoms with Gasteiger partial charge in [-0.2, -0.15) is 10.1 Å². The number of hydrogen-bond acceptors (Lipinski definition) is 7. The smallest absolute Gasteiger partial charge is 0.332 e. The van der Waals surface area contributed by atoms with E-state index in [-0.39, 0.29) is 23.5 Å². The number of ether oxygens (including phenoxy) is 1. The van der Waals surface area contributed by atoms with Crippen molar-refractivity contribution in [3.05, 3.63) is 80.5 Å². The number of aryl methyl sites for hydroxylation is 2. The molecule has 2 aromatic heterocycles. The molecule has 0 aliphatic rings. The van der Waals surface area contributed by atoms with Crippen LogP contribution in [0.5, 0.6) is 11.5 Å². The minimum atomic E-state index is -0.447. The number of methoxy groups -OCH3 is 1. The Kier molecular flexibility index (Phi) is 5.74. The number of hydrazone groups is 1. The van der Waals surface area contributed by atoms with Crippen LogP contribution in [0.3, 0.4) is 0 Å². The van der Waals surface area contributed by atoms with Gasteiger partial charge in [0.15, 0.2) is 22.7 Å². The Morgan fingerprint density at radius 2 is 1.85 bits per heavy atom. The van der Waals surface area contributed by atoms with Crippen LogP contribution < -0.4 is 21.4 Å².